The summed E-state index contributed by atoms with van der Waals surface area (Å²) in [4.78, 5) is 28.2. The summed E-state index contributed by atoms with van der Waals surface area (Å²) in [6, 6.07) is 13.3. The maximum absolute atomic E-state index is 13.1. The van der Waals surface area contributed by atoms with Gasteiger partial charge in [0, 0.05) is 34.9 Å². The van der Waals surface area contributed by atoms with Crippen molar-refractivity contribution in [3.05, 3.63) is 59.7 Å². The zero-order valence-corrected chi connectivity index (χ0v) is 21.5. The molecule has 1 saturated carbocycles. The molecule has 5 unspecified atom stereocenters. The maximum Gasteiger partial charge on any atom is 0.320 e. The summed E-state index contributed by atoms with van der Waals surface area (Å²) in [7, 11) is 0. The zero-order valence-electron chi connectivity index (χ0n) is 20.7. The molecular weight excluding hydrogens is 476 g/mol. The second kappa shape index (κ2) is 12.1. The smallest absolute Gasteiger partial charge is 0.320 e. The lowest BCUT2D eigenvalue weighted by molar-refractivity contribution is -0.148. The molecule has 1 saturated heterocycles. The fraction of sp³-hybridized carbons (Fsp3) is 0.500. The molecule has 4 rings (SSSR count). The Balaban J connectivity index is 1.50. The topological polar surface area (TPSA) is 110 Å². The van der Waals surface area contributed by atoms with E-state index in [9.17, 15) is 24.9 Å². The highest BCUT2D eigenvalue weighted by molar-refractivity contribution is 7.99. The molecule has 4 N–H and O–H groups in total. The first-order valence-electron chi connectivity index (χ1n) is 12.8. The first kappa shape index (κ1) is 26.5. The highest BCUT2D eigenvalue weighted by atomic mass is 32.2. The minimum atomic E-state index is -0.954. The van der Waals surface area contributed by atoms with Crippen molar-refractivity contribution in [1.82, 2.24) is 10.2 Å². The van der Waals surface area contributed by atoms with Gasteiger partial charge in [-0.15, -0.1) is 11.8 Å². The van der Waals surface area contributed by atoms with Gasteiger partial charge in [-0.3, -0.25) is 14.5 Å². The van der Waals surface area contributed by atoms with Crippen molar-refractivity contribution in [2.24, 2.45) is 11.8 Å². The summed E-state index contributed by atoms with van der Waals surface area (Å²) in [5.74, 6) is 0.141. The monoisotopic (exact) mass is 512 g/mol. The van der Waals surface area contributed by atoms with Crippen LogP contribution in [0.2, 0.25) is 0 Å². The number of hydrogen-bond donors (Lipinski definition) is 4. The van der Waals surface area contributed by atoms with E-state index in [-0.39, 0.29) is 18.2 Å². The Kier molecular flexibility index (Phi) is 8.93. The number of benzene rings is 2. The number of thioether (sulfide) groups is 1. The van der Waals surface area contributed by atoms with Crippen molar-refractivity contribution in [1.29, 1.82) is 0 Å². The molecule has 2 aromatic rings. The number of β-amino-alcohol motifs (C(OH)–C–C–N with tert-alkyl or cyclic N) is 1. The Labute approximate surface area is 216 Å². The van der Waals surface area contributed by atoms with Crippen LogP contribution < -0.4 is 5.32 Å². The van der Waals surface area contributed by atoms with Crippen molar-refractivity contribution in [2.75, 3.05) is 18.8 Å². The number of likely N-dealkylation sites (tertiary alicyclic amines) is 1. The van der Waals surface area contributed by atoms with Gasteiger partial charge in [0.1, 0.15) is 11.8 Å². The summed E-state index contributed by atoms with van der Waals surface area (Å²) in [6.07, 6.45) is 4.18. The van der Waals surface area contributed by atoms with E-state index in [0.29, 0.717) is 41.7 Å². The van der Waals surface area contributed by atoms with Gasteiger partial charge in [-0.1, -0.05) is 43.5 Å². The number of phenolic OH excluding ortho intramolecular Hbond substituents is 1. The van der Waals surface area contributed by atoms with E-state index < -0.39 is 24.2 Å². The number of carboxylic acid groups (broad SMARTS) is 1. The minimum Gasteiger partial charge on any atom is -0.508 e. The Morgan fingerprint density at radius 3 is 2.53 bits per heavy atom. The van der Waals surface area contributed by atoms with Crippen molar-refractivity contribution in [2.45, 2.75) is 62.1 Å². The third-order valence-corrected chi connectivity index (χ3v) is 8.84. The molecule has 2 aliphatic rings. The van der Waals surface area contributed by atoms with Crippen molar-refractivity contribution >= 4 is 23.6 Å². The molecule has 194 valence electrons. The summed E-state index contributed by atoms with van der Waals surface area (Å²) in [5, 5.41) is 34.3. The van der Waals surface area contributed by atoms with Gasteiger partial charge in [-0.05, 0) is 55.9 Å². The van der Waals surface area contributed by atoms with Crippen LogP contribution in [0, 0.1) is 18.8 Å². The molecule has 0 aromatic heterocycles. The van der Waals surface area contributed by atoms with E-state index in [2.05, 4.69) is 5.32 Å². The van der Waals surface area contributed by atoms with Crippen LogP contribution in [0.4, 0.5) is 0 Å². The molecule has 5 atom stereocenters. The van der Waals surface area contributed by atoms with E-state index in [1.807, 2.05) is 35.2 Å². The van der Waals surface area contributed by atoms with Gasteiger partial charge in [-0.25, -0.2) is 0 Å². The average molecular weight is 513 g/mol. The van der Waals surface area contributed by atoms with Gasteiger partial charge >= 0.3 is 5.97 Å². The molecular formula is C28H36N2O5S. The Bertz CT molecular complexity index is 1050. The summed E-state index contributed by atoms with van der Waals surface area (Å²) in [6.45, 7) is 2.52. The fourth-order valence-corrected chi connectivity index (χ4v) is 6.62. The normalized spacial score (nSPS) is 23.9. The first-order chi connectivity index (χ1) is 17.3. The number of fused-ring (bicyclic) bond motifs is 1. The van der Waals surface area contributed by atoms with E-state index in [1.165, 1.54) is 24.2 Å². The molecule has 7 nitrogen and oxygen atoms in total. The van der Waals surface area contributed by atoms with Gasteiger partial charge in [0.05, 0.1) is 12.1 Å². The highest BCUT2D eigenvalue weighted by Gasteiger charge is 2.41. The van der Waals surface area contributed by atoms with Gasteiger partial charge in [0.15, 0.2) is 0 Å². The lowest BCUT2D eigenvalue weighted by Crippen LogP contribution is -2.57. The van der Waals surface area contributed by atoms with E-state index in [4.69, 9.17) is 0 Å². The number of aliphatic hydroxyl groups is 1. The number of hydrogen-bond acceptors (Lipinski definition) is 6. The first-order valence-corrected chi connectivity index (χ1v) is 13.7. The Hall–Kier alpha value is -2.55. The number of nitrogens with one attached hydrogen (secondary N) is 1. The van der Waals surface area contributed by atoms with Gasteiger partial charge in [-0.2, -0.15) is 0 Å². The number of rotatable bonds is 9. The lowest BCUT2D eigenvalue weighted by Gasteiger charge is -2.45. The zero-order chi connectivity index (χ0) is 25.7. The summed E-state index contributed by atoms with van der Waals surface area (Å²) >= 11 is 1.53. The number of amides is 1. The largest absolute Gasteiger partial charge is 0.508 e. The van der Waals surface area contributed by atoms with Gasteiger partial charge < -0.3 is 20.6 Å². The summed E-state index contributed by atoms with van der Waals surface area (Å²) in [5.41, 5.74) is 0.826. The van der Waals surface area contributed by atoms with Crippen LogP contribution in [0.15, 0.2) is 53.4 Å². The minimum absolute atomic E-state index is 0.0399. The fourth-order valence-electron chi connectivity index (χ4n) is 5.59. The lowest BCUT2D eigenvalue weighted by atomic mass is 9.73. The van der Waals surface area contributed by atoms with E-state index in [0.717, 1.165) is 24.2 Å². The molecule has 1 amide bonds. The molecule has 1 aliphatic heterocycles. The molecule has 8 heteroatoms. The maximum atomic E-state index is 13.1. The standard InChI is InChI=1S/C28H36N2O5S/c1-18-22(12-7-13-25(18)31)27(33)29-23(17-36-21-10-3-2-4-11-21)26(32)16-30-15-20-9-6-5-8-19(20)14-24(30)28(34)35/h2-4,7,10-13,19-20,23-24,26,31-32H,5-6,8-9,14-17H2,1H3,(H,29,33)(H,34,35). The molecule has 2 fully saturated rings. The molecule has 2 aromatic carbocycles. The van der Waals surface area contributed by atoms with Crippen LogP contribution in [-0.2, 0) is 4.79 Å². The number of piperidine rings is 1. The molecule has 0 bridgehead atoms. The van der Waals surface area contributed by atoms with E-state index >= 15 is 0 Å². The summed E-state index contributed by atoms with van der Waals surface area (Å²) < 4.78 is 0. The second-order valence-corrected chi connectivity index (χ2v) is 11.2. The number of nitrogens with zero attached hydrogens (tertiary/aromatic N) is 1. The predicted molar refractivity (Wildman–Crippen MR) is 140 cm³/mol. The number of aliphatic hydroxyl groups excluding tert-OH is 1. The molecule has 0 spiro atoms. The van der Waals surface area contributed by atoms with Crippen LogP contribution >= 0.6 is 11.8 Å². The van der Waals surface area contributed by atoms with Gasteiger partial charge in [0.25, 0.3) is 5.91 Å². The second-order valence-electron chi connectivity index (χ2n) is 10.1. The van der Waals surface area contributed by atoms with Crippen molar-refractivity contribution in [3.63, 3.8) is 0 Å². The number of carbonyl (C=O) groups is 2. The van der Waals surface area contributed by atoms with Crippen LogP contribution in [0.3, 0.4) is 0 Å². The number of carbonyl (C=O) groups excluding carboxylic acids is 1. The third kappa shape index (κ3) is 6.41. The number of aliphatic carboxylic acids is 1. The number of aromatic hydroxyl groups is 1. The Morgan fingerprint density at radius 2 is 1.81 bits per heavy atom. The van der Waals surface area contributed by atoms with Crippen LogP contribution in [0.25, 0.3) is 0 Å². The third-order valence-electron chi connectivity index (χ3n) is 7.71. The molecule has 1 heterocycles. The number of carboxylic acids is 1. The predicted octanol–water partition coefficient (Wildman–Crippen LogP) is 3.92. The molecule has 36 heavy (non-hydrogen) atoms. The van der Waals surface area contributed by atoms with E-state index in [1.54, 1.807) is 19.1 Å². The highest BCUT2D eigenvalue weighted by Crippen LogP contribution is 2.38. The van der Waals surface area contributed by atoms with Crippen LogP contribution in [0.1, 0.15) is 48.0 Å². The Morgan fingerprint density at radius 1 is 1.08 bits per heavy atom. The van der Waals surface area contributed by atoms with Gasteiger partial charge in [0.2, 0.25) is 0 Å². The number of phenols is 1. The average Bonchev–Trinajstić information content (AvgIpc) is 2.88. The molecule has 0 radical (unpaired) electrons. The van der Waals surface area contributed by atoms with Crippen molar-refractivity contribution in [3.8, 4) is 5.75 Å². The SMILES string of the molecule is Cc1c(O)cccc1C(=O)NC(CSc1ccccc1)C(O)CN1CC2CCCCC2CC1C(=O)O. The molecule has 1 aliphatic carbocycles. The quantitative estimate of drug-likeness (QED) is 0.377. The van der Waals surface area contributed by atoms with Crippen LogP contribution in [0.5, 0.6) is 5.75 Å². The van der Waals surface area contributed by atoms with Crippen LogP contribution in [-0.4, -0.2) is 69.1 Å². The van der Waals surface area contributed by atoms with Crippen molar-refractivity contribution < 1.29 is 24.9 Å².